The Hall–Kier alpha value is -2.08. The number of hydroxylamine groups is 2. The molecular formula is C19H26N2O5S. The van der Waals surface area contributed by atoms with Gasteiger partial charge in [0.1, 0.15) is 12.4 Å². The molecule has 1 aliphatic heterocycles. The zero-order chi connectivity index (χ0) is 20.1. The molecule has 0 saturated carbocycles. The minimum Gasteiger partial charge on any atom is -0.481 e. The Balaban J connectivity index is 2.39. The van der Waals surface area contributed by atoms with E-state index in [0.29, 0.717) is 23.9 Å². The molecule has 0 aliphatic carbocycles. The van der Waals surface area contributed by atoms with Gasteiger partial charge in [-0.1, -0.05) is 5.92 Å². The van der Waals surface area contributed by atoms with E-state index in [1.54, 1.807) is 32.9 Å². The zero-order valence-corrected chi connectivity index (χ0v) is 16.7. The summed E-state index contributed by atoms with van der Waals surface area (Å²) in [5.41, 5.74) is 0. The van der Waals surface area contributed by atoms with E-state index in [0.717, 1.165) is 0 Å². The first kappa shape index (κ1) is 21.2. The van der Waals surface area contributed by atoms with E-state index in [1.807, 2.05) is 0 Å². The number of piperidine rings is 1. The molecule has 0 aromatic heterocycles. The maximum absolute atomic E-state index is 13.4. The van der Waals surface area contributed by atoms with Gasteiger partial charge in [0.15, 0.2) is 14.6 Å². The summed E-state index contributed by atoms with van der Waals surface area (Å²) in [7, 11) is -4.02. The molecule has 2 rings (SSSR count). The highest BCUT2D eigenvalue weighted by Crippen LogP contribution is 2.36. The van der Waals surface area contributed by atoms with Crippen LogP contribution in [0.15, 0.2) is 29.2 Å². The third kappa shape index (κ3) is 4.26. The molecule has 1 aliphatic rings. The molecule has 8 heteroatoms. The summed E-state index contributed by atoms with van der Waals surface area (Å²) >= 11 is 0. The van der Waals surface area contributed by atoms with Crippen molar-refractivity contribution < 1.29 is 23.2 Å². The van der Waals surface area contributed by atoms with E-state index in [4.69, 9.17) is 4.74 Å². The van der Waals surface area contributed by atoms with Crippen LogP contribution < -0.4 is 10.1 Å². The average Bonchev–Trinajstić information content (AvgIpc) is 2.67. The van der Waals surface area contributed by atoms with Crippen molar-refractivity contribution in [1.82, 2.24) is 10.4 Å². The number of nitrogens with zero attached hydrogens (tertiary/aromatic N) is 1. The molecular weight excluding hydrogens is 368 g/mol. The summed E-state index contributed by atoms with van der Waals surface area (Å²) in [6.45, 7) is 5.94. The quantitative estimate of drug-likeness (QED) is 0.432. The predicted octanol–water partition coefficient (Wildman–Crippen LogP) is 1.61. The lowest BCUT2D eigenvalue weighted by atomic mass is 9.95. The normalized spacial score (nSPS) is 16.3. The monoisotopic (exact) mass is 394 g/mol. The van der Waals surface area contributed by atoms with Crippen LogP contribution in [0.2, 0.25) is 0 Å². The van der Waals surface area contributed by atoms with E-state index >= 15 is 0 Å². The van der Waals surface area contributed by atoms with Crippen molar-refractivity contribution in [3.63, 3.8) is 0 Å². The summed E-state index contributed by atoms with van der Waals surface area (Å²) < 4.78 is 30.5. The van der Waals surface area contributed by atoms with Gasteiger partial charge >= 0.3 is 0 Å². The minimum atomic E-state index is -4.02. The van der Waals surface area contributed by atoms with Crippen LogP contribution in [0.1, 0.15) is 33.6 Å². The van der Waals surface area contributed by atoms with Gasteiger partial charge in [0, 0.05) is 0 Å². The van der Waals surface area contributed by atoms with Crippen molar-refractivity contribution in [2.45, 2.75) is 49.3 Å². The molecule has 2 N–H and O–H groups in total. The fourth-order valence-corrected chi connectivity index (χ4v) is 5.01. The van der Waals surface area contributed by atoms with Gasteiger partial charge in [-0.2, -0.15) is 0 Å². The van der Waals surface area contributed by atoms with E-state index in [2.05, 4.69) is 17.2 Å². The molecule has 0 radical (unpaired) electrons. The van der Waals surface area contributed by atoms with Gasteiger partial charge in [0.25, 0.3) is 5.91 Å². The maximum Gasteiger partial charge on any atom is 0.268 e. The maximum atomic E-state index is 13.4. The van der Waals surface area contributed by atoms with E-state index in [-0.39, 0.29) is 24.3 Å². The van der Waals surface area contributed by atoms with Crippen LogP contribution in [0.25, 0.3) is 0 Å². The van der Waals surface area contributed by atoms with Crippen LogP contribution in [-0.2, 0) is 14.6 Å². The molecule has 0 unspecified atom stereocenters. The number of ether oxygens (including phenoxy) is 1. The molecule has 1 fully saturated rings. The third-order valence-electron chi connectivity index (χ3n) is 4.63. The second-order valence-corrected chi connectivity index (χ2v) is 8.94. The number of amides is 1. The Morgan fingerprint density at radius 1 is 1.30 bits per heavy atom. The lowest BCUT2D eigenvalue weighted by molar-refractivity contribution is -0.176. The van der Waals surface area contributed by atoms with Crippen molar-refractivity contribution in [2.75, 3.05) is 19.7 Å². The lowest BCUT2D eigenvalue weighted by Crippen LogP contribution is -2.59. The third-order valence-corrected chi connectivity index (χ3v) is 7.14. The highest BCUT2D eigenvalue weighted by molar-refractivity contribution is 7.93. The van der Waals surface area contributed by atoms with Crippen LogP contribution >= 0.6 is 0 Å². The Bertz CT molecular complexity index is 816. The molecule has 1 amide bonds. The van der Waals surface area contributed by atoms with E-state index < -0.39 is 26.5 Å². The highest BCUT2D eigenvalue weighted by Gasteiger charge is 2.53. The number of sulfone groups is 1. The standard InChI is InChI=1S/C19H26N2O5S/c1-4-5-14-26-16-6-8-17(9-7-16)27(24,25)19(10-12-20-13-11-19)18(22)21(23)15(2)3/h6-9,15,20,23H,10-14H2,1-3H3. The number of carbonyl (C=O) groups is 1. The molecule has 27 heavy (non-hydrogen) atoms. The molecule has 0 atom stereocenters. The second-order valence-electron chi connectivity index (χ2n) is 6.68. The zero-order valence-electron chi connectivity index (χ0n) is 15.9. The lowest BCUT2D eigenvalue weighted by Gasteiger charge is -2.38. The van der Waals surface area contributed by atoms with Crippen molar-refractivity contribution in [1.29, 1.82) is 0 Å². The number of nitrogens with one attached hydrogen (secondary N) is 1. The largest absolute Gasteiger partial charge is 0.481 e. The molecule has 1 aromatic rings. The first-order valence-electron chi connectivity index (χ1n) is 8.86. The summed E-state index contributed by atoms with van der Waals surface area (Å²) in [6.07, 6.45) is 0.199. The Labute approximate surface area is 160 Å². The van der Waals surface area contributed by atoms with E-state index in [9.17, 15) is 18.4 Å². The van der Waals surface area contributed by atoms with Gasteiger partial charge in [-0.15, -0.1) is 5.92 Å². The Morgan fingerprint density at radius 3 is 2.41 bits per heavy atom. The predicted molar refractivity (Wildman–Crippen MR) is 101 cm³/mol. The first-order chi connectivity index (χ1) is 12.8. The summed E-state index contributed by atoms with van der Waals surface area (Å²) in [5.74, 6) is 5.19. The molecule has 1 aromatic carbocycles. The topological polar surface area (TPSA) is 95.9 Å². The smallest absolute Gasteiger partial charge is 0.268 e. The molecule has 1 heterocycles. The van der Waals surface area contributed by atoms with Crippen molar-refractivity contribution in [2.24, 2.45) is 0 Å². The molecule has 1 saturated heterocycles. The van der Waals surface area contributed by atoms with Crippen molar-refractivity contribution in [3.05, 3.63) is 24.3 Å². The van der Waals surface area contributed by atoms with Crippen LogP contribution in [0.3, 0.4) is 0 Å². The number of rotatable bonds is 6. The van der Waals surface area contributed by atoms with Gasteiger partial charge in [-0.25, -0.2) is 13.5 Å². The fourth-order valence-electron chi connectivity index (χ4n) is 3.00. The minimum absolute atomic E-state index is 0.0313. The van der Waals surface area contributed by atoms with Gasteiger partial charge < -0.3 is 10.1 Å². The number of hydrogen-bond acceptors (Lipinski definition) is 6. The van der Waals surface area contributed by atoms with Crippen molar-refractivity contribution in [3.8, 4) is 17.6 Å². The van der Waals surface area contributed by atoms with Gasteiger partial charge in [-0.3, -0.25) is 10.0 Å². The summed E-state index contributed by atoms with van der Waals surface area (Å²) in [5, 5.41) is 13.8. The number of benzene rings is 1. The molecule has 148 valence electrons. The summed E-state index contributed by atoms with van der Waals surface area (Å²) in [4.78, 5) is 13.0. The number of hydrogen-bond donors (Lipinski definition) is 2. The van der Waals surface area contributed by atoms with Crippen LogP contribution in [-0.4, -0.2) is 55.1 Å². The van der Waals surface area contributed by atoms with Crippen LogP contribution in [0, 0.1) is 11.8 Å². The average molecular weight is 394 g/mol. The van der Waals surface area contributed by atoms with Crippen molar-refractivity contribution >= 4 is 15.7 Å². The van der Waals surface area contributed by atoms with Gasteiger partial charge in [-0.05, 0) is 71.0 Å². The van der Waals surface area contributed by atoms with Gasteiger partial charge in [0.2, 0.25) is 0 Å². The summed E-state index contributed by atoms with van der Waals surface area (Å²) in [6, 6.07) is 5.43. The van der Waals surface area contributed by atoms with Crippen LogP contribution in [0.4, 0.5) is 0 Å². The molecule has 0 bridgehead atoms. The fraction of sp³-hybridized carbons (Fsp3) is 0.526. The second kappa shape index (κ2) is 8.74. The number of carbonyl (C=O) groups excluding carboxylic acids is 1. The molecule has 0 spiro atoms. The highest BCUT2D eigenvalue weighted by atomic mass is 32.2. The van der Waals surface area contributed by atoms with Crippen LogP contribution in [0.5, 0.6) is 5.75 Å². The Morgan fingerprint density at radius 2 is 1.89 bits per heavy atom. The Kier molecular flexibility index (Phi) is 6.87. The first-order valence-corrected chi connectivity index (χ1v) is 10.3. The molecule has 7 nitrogen and oxygen atoms in total. The van der Waals surface area contributed by atoms with Gasteiger partial charge in [0.05, 0.1) is 10.9 Å². The SMILES string of the molecule is CC#CCOc1ccc(S(=O)(=O)C2(C(=O)N(O)C(C)C)CCNCC2)cc1. The van der Waals surface area contributed by atoms with E-state index in [1.165, 1.54) is 12.1 Å².